The summed E-state index contributed by atoms with van der Waals surface area (Å²) in [6.45, 7) is 3.08. The molecule has 94 valence electrons. The van der Waals surface area contributed by atoms with Gasteiger partial charge in [-0.3, -0.25) is 0 Å². The SMILES string of the molecule is CNC(Cc1ccc(C)cc1)CC1CCCO1. The third kappa shape index (κ3) is 3.83. The smallest absolute Gasteiger partial charge is 0.0590 e. The first-order valence-corrected chi connectivity index (χ1v) is 6.62. The van der Waals surface area contributed by atoms with Crippen molar-refractivity contribution in [2.75, 3.05) is 13.7 Å². The van der Waals surface area contributed by atoms with E-state index < -0.39 is 0 Å². The molecule has 2 atom stereocenters. The van der Waals surface area contributed by atoms with Gasteiger partial charge in [0.05, 0.1) is 6.10 Å². The summed E-state index contributed by atoms with van der Waals surface area (Å²) in [5.41, 5.74) is 2.74. The summed E-state index contributed by atoms with van der Waals surface area (Å²) in [7, 11) is 2.05. The molecule has 0 aromatic heterocycles. The number of likely N-dealkylation sites (N-methyl/N-ethyl adjacent to an activating group) is 1. The van der Waals surface area contributed by atoms with E-state index in [2.05, 4.69) is 36.5 Å². The van der Waals surface area contributed by atoms with Gasteiger partial charge in [-0.25, -0.2) is 0 Å². The first-order valence-electron chi connectivity index (χ1n) is 6.62. The minimum atomic E-state index is 0.470. The first-order chi connectivity index (χ1) is 8.28. The van der Waals surface area contributed by atoms with Crippen LogP contribution in [0.4, 0.5) is 0 Å². The van der Waals surface area contributed by atoms with E-state index in [4.69, 9.17) is 4.74 Å². The molecule has 1 fully saturated rings. The van der Waals surface area contributed by atoms with Gasteiger partial charge in [-0.1, -0.05) is 29.8 Å². The highest BCUT2D eigenvalue weighted by Gasteiger charge is 2.19. The Morgan fingerprint density at radius 2 is 2.12 bits per heavy atom. The highest BCUT2D eigenvalue weighted by atomic mass is 16.5. The molecule has 0 radical (unpaired) electrons. The van der Waals surface area contributed by atoms with Crippen molar-refractivity contribution >= 4 is 0 Å². The van der Waals surface area contributed by atoms with Gasteiger partial charge in [0, 0.05) is 12.6 Å². The van der Waals surface area contributed by atoms with Crippen LogP contribution in [0.3, 0.4) is 0 Å². The first kappa shape index (κ1) is 12.6. The molecule has 1 aliphatic heterocycles. The van der Waals surface area contributed by atoms with Gasteiger partial charge in [0.25, 0.3) is 0 Å². The molecule has 0 saturated carbocycles. The lowest BCUT2D eigenvalue weighted by Crippen LogP contribution is -2.31. The van der Waals surface area contributed by atoms with Gasteiger partial charge in [-0.05, 0) is 45.2 Å². The van der Waals surface area contributed by atoms with Gasteiger partial charge in [0.1, 0.15) is 0 Å². The standard InChI is InChI=1S/C15H23NO/c1-12-5-7-13(8-6-12)10-14(16-2)11-15-4-3-9-17-15/h5-8,14-16H,3-4,9-11H2,1-2H3. The van der Waals surface area contributed by atoms with Crippen molar-refractivity contribution < 1.29 is 4.74 Å². The number of benzene rings is 1. The third-order valence-electron chi connectivity index (χ3n) is 3.58. The van der Waals surface area contributed by atoms with Gasteiger partial charge in [-0.2, -0.15) is 0 Å². The van der Waals surface area contributed by atoms with Crippen molar-refractivity contribution in [3.8, 4) is 0 Å². The average molecular weight is 233 g/mol. The maximum absolute atomic E-state index is 5.70. The summed E-state index contributed by atoms with van der Waals surface area (Å²) in [5, 5.41) is 3.41. The molecule has 1 aliphatic rings. The van der Waals surface area contributed by atoms with Crippen LogP contribution in [-0.4, -0.2) is 25.8 Å². The van der Waals surface area contributed by atoms with Crippen LogP contribution in [0.15, 0.2) is 24.3 Å². The van der Waals surface area contributed by atoms with Crippen LogP contribution in [0, 0.1) is 6.92 Å². The Balaban J connectivity index is 1.87. The van der Waals surface area contributed by atoms with E-state index in [-0.39, 0.29) is 0 Å². The van der Waals surface area contributed by atoms with Crippen LogP contribution in [0.5, 0.6) is 0 Å². The zero-order valence-corrected chi connectivity index (χ0v) is 10.9. The van der Waals surface area contributed by atoms with Crippen molar-refractivity contribution in [3.05, 3.63) is 35.4 Å². The van der Waals surface area contributed by atoms with Crippen LogP contribution in [0.2, 0.25) is 0 Å². The molecule has 2 rings (SSSR count). The number of rotatable bonds is 5. The largest absolute Gasteiger partial charge is 0.378 e. The molecule has 1 aromatic carbocycles. The fraction of sp³-hybridized carbons (Fsp3) is 0.600. The number of hydrogen-bond acceptors (Lipinski definition) is 2. The minimum Gasteiger partial charge on any atom is -0.378 e. The highest BCUT2D eigenvalue weighted by molar-refractivity contribution is 5.22. The molecular formula is C15H23NO. The lowest BCUT2D eigenvalue weighted by molar-refractivity contribution is 0.0954. The van der Waals surface area contributed by atoms with Gasteiger partial charge in [0.15, 0.2) is 0 Å². The van der Waals surface area contributed by atoms with Crippen molar-refractivity contribution in [3.63, 3.8) is 0 Å². The van der Waals surface area contributed by atoms with E-state index in [1.807, 2.05) is 7.05 Å². The van der Waals surface area contributed by atoms with Crippen LogP contribution >= 0.6 is 0 Å². The van der Waals surface area contributed by atoms with Crippen LogP contribution in [0.25, 0.3) is 0 Å². The quantitative estimate of drug-likeness (QED) is 0.844. The molecule has 1 saturated heterocycles. The molecule has 1 aromatic rings. The Morgan fingerprint density at radius 3 is 2.71 bits per heavy atom. The topological polar surface area (TPSA) is 21.3 Å². The van der Waals surface area contributed by atoms with Crippen LogP contribution < -0.4 is 5.32 Å². The number of aryl methyl sites for hydroxylation is 1. The Kier molecular flexibility index (Phi) is 4.57. The molecule has 0 aliphatic carbocycles. The second-order valence-corrected chi connectivity index (χ2v) is 5.05. The summed E-state index contributed by atoms with van der Waals surface area (Å²) < 4.78 is 5.70. The van der Waals surface area contributed by atoms with E-state index in [0.717, 1.165) is 19.4 Å². The summed E-state index contributed by atoms with van der Waals surface area (Å²) >= 11 is 0. The fourth-order valence-corrected chi connectivity index (χ4v) is 2.46. The fourth-order valence-electron chi connectivity index (χ4n) is 2.46. The van der Waals surface area contributed by atoms with E-state index in [9.17, 15) is 0 Å². The van der Waals surface area contributed by atoms with Crippen molar-refractivity contribution in [1.29, 1.82) is 0 Å². The molecule has 0 amide bonds. The second-order valence-electron chi connectivity index (χ2n) is 5.05. The van der Waals surface area contributed by atoms with E-state index in [1.165, 1.54) is 24.0 Å². The monoisotopic (exact) mass is 233 g/mol. The summed E-state index contributed by atoms with van der Waals surface area (Å²) in [6.07, 6.45) is 5.15. The Bertz CT molecular complexity index is 327. The Morgan fingerprint density at radius 1 is 1.35 bits per heavy atom. The maximum Gasteiger partial charge on any atom is 0.0590 e. The lowest BCUT2D eigenvalue weighted by Gasteiger charge is -2.20. The van der Waals surface area contributed by atoms with Gasteiger partial charge in [0.2, 0.25) is 0 Å². The second kappa shape index (κ2) is 6.18. The zero-order chi connectivity index (χ0) is 12.1. The van der Waals surface area contributed by atoms with Gasteiger partial charge >= 0.3 is 0 Å². The highest BCUT2D eigenvalue weighted by Crippen LogP contribution is 2.18. The predicted molar refractivity (Wildman–Crippen MR) is 71.3 cm³/mol. The molecule has 17 heavy (non-hydrogen) atoms. The Labute approximate surface area is 104 Å². The molecule has 1 heterocycles. The summed E-state index contributed by atoms with van der Waals surface area (Å²) in [6, 6.07) is 9.37. The maximum atomic E-state index is 5.70. The molecule has 2 heteroatoms. The summed E-state index contributed by atoms with van der Waals surface area (Å²) in [4.78, 5) is 0. The zero-order valence-electron chi connectivity index (χ0n) is 10.9. The van der Waals surface area contributed by atoms with E-state index in [1.54, 1.807) is 0 Å². The van der Waals surface area contributed by atoms with Crippen molar-refractivity contribution in [2.24, 2.45) is 0 Å². The molecule has 2 unspecified atom stereocenters. The number of ether oxygens (including phenoxy) is 1. The number of hydrogen-bond donors (Lipinski definition) is 1. The molecule has 0 spiro atoms. The number of nitrogens with one attached hydrogen (secondary N) is 1. The lowest BCUT2D eigenvalue weighted by atomic mass is 9.99. The minimum absolute atomic E-state index is 0.470. The third-order valence-corrected chi connectivity index (χ3v) is 3.58. The van der Waals surface area contributed by atoms with Gasteiger partial charge < -0.3 is 10.1 Å². The van der Waals surface area contributed by atoms with Crippen molar-refractivity contribution in [2.45, 2.75) is 44.8 Å². The molecular weight excluding hydrogens is 210 g/mol. The molecule has 2 nitrogen and oxygen atoms in total. The molecule has 0 bridgehead atoms. The van der Waals surface area contributed by atoms with E-state index in [0.29, 0.717) is 12.1 Å². The van der Waals surface area contributed by atoms with Crippen LogP contribution in [0.1, 0.15) is 30.4 Å². The normalized spacial score (nSPS) is 21.6. The summed E-state index contributed by atoms with van der Waals surface area (Å²) in [5.74, 6) is 0. The molecule has 1 N–H and O–H groups in total. The van der Waals surface area contributed by atoms with Crippen molar-refractivity contribution in [1.82, 2.24) is 5.32 Å². The van der Waals surface area contributed by atoms with E-state index >= 15 is 0 Å². The predicted octanol–water partition coefficient (Wildman–Crippen LogP) is 2.69. The van der Waals surface area contributed by atoms with Gasteiger partial charge in [-0.15, -0.1) is 0 Å². The Hall–Kier alpha value is -0.860. The van der Waals surface area contributed by atoms with Crippen LogP contribution in [-0.2, 0) is 11.2 Å². The average Bonchev–Trinajstić information content (AvgIpc) is 2.84.